The average molecular weight is 224 g/mol. The lowest BCUT2D eigenvalue weighted by atomic mass is 9.97. The van der Waals surface area contributed by atoms with Gasteiger partial charge in [0.15, 0.2) is 5.78 Å². The van der Waals surface area contributed by atoms with Gasteiger partial charge in [-0.3, -0.25) is 9.00 Å². The summed E-state index contributed by atoms with van der Waals surface area (Å²) in [6, 6.07) is 3.97. The van der Waals surface area contributed by atoms with Crippen molar-refractivity contribution in [3.05, 3.63) is 34.4 Å². The molecule has 0 spiro atoms. The first-order valence-corrected chi connectivity index (χ1v) is 6.55. The van der Waals surface area contributed by atoms with Crippen molar-refractivity contribution in [3.63, 3.8) is 0 Å². The van der Waals surface area contributed by atoms with Crippen LogP contribution in [0.4, 0.5) is 0 Å². The molecule has 0 fully saturated rings. The zero-order valence-corrected chi connectivity index (χ0v) is 10.4. The number of benzene rings is 1. The van der Waals surface area contributed by atoms with E-state index in [-0.39, 0.29) is 11.5 Å². The predicted octanol–water partition coefficient (Wildman–Crippen LogP) is 2.17. The summed E-state index contributed by atoms with van der Waals surface area (Å²) in [5.74, 6) is 0.0934. The van der Waals surface area contributed by atoms with Crippen LogP contribution in [0, 0.1) is 20.8 Å². The number of hydrogen-bond acceptors (Lipinski definition) is 2. The largest absolute Gasteiger partial charge is 0.293 e. The number of carbonyl (C=O) groups excluding carboxylic acids is 1. The van der Waals surface area contributed by atoms with Gasteiger partial charge in [0.05, 0.1) is 5.75 Å². The molecule has 2 nitrogen and oxygen atoms in total. The van der Waals surface area contributed by atoms with E-state index >= 15 is 0 Å². The van der Waals surface area contributed by atoms with Crippen LogP contribution in [0.1, 0.15) is 27.0 Å². The molecular weight excluding hydrogens is 208 g/mol. The second-order valence-electron chi connectivity index (χ2n) is 3.91. The Morgan fingerprint density at radius 3 is 2.07 bits per heavy atom. The van der Waals surface area contributed by atoms with Crippen molar-refractivity contribution in [1.82, 2.24) is 0 Å². The molecule has 0 aliphatic rings. The van der Waals surface area contributed by atoms with E-state index < -0.39 is 10.8 Å². The molecule has 1 rings (SSSR count). The molecule has 0 N–H and O–H groups in total. The van der Waals surface area contributed by atoms with Gasteiger partial charge in [0.25, 0.3) is 0 Å². The maximum Gasteiger partial charge on any atom is 0.175 e. The maximum absolute atomic E-state index is 11.8. The summed E-state index contributed by atoms with van der Waals surface area (Å²) in [6.07, 6.45) is 1.55. The van der Waals surface area contributed by atoms with Crippen molar-refractivity contribution in [2.45, 2.75) is 20.8 Å². The van der Waals surface area contributed by atoms with Crippen LogP contribution in [0.15, 0.2) is 12.1 Å². The van der Waals surface area contributed by atoms with Gasteiger partial charge in [-0.05, 0) is 31.9 Å². The molecule has 0 bridgehead atoms. The average Bonchev–Trinajstić information content (AvgIpc) is 1.99. The molecule has 15 heavy (non-hydrogen) atoms. The van der Waals surface area contributed by atoms with E-state index in [1.807, 2.05) is 32.9 Å². The quantitative estimate of drug-likeness (QED) is 0.737. The van der Waals surface area contributed by atoms with Gasteiger partial charge < -0.3 is 0 Å². The molecule has 1 aromatic carbocycles. The van der Waals surface area contributed by atoms with E-state index in [4.69, 9.17) is 0 Å². The molecule has 1 unspecified atom stereocenters. The van der Waals surface area contributed by atoms with Gasteiger partial charge in [0.1, 0.15) is 0 Å². The van der Waals surface area contributed by atoms with Gasteiger partial charge in [-0.2, -0.15) is 0 Å². The second-order valence-corrected chi connectivity index (χ2v) is 5.35. The highest BCUT2D eigenvalue weighted by atomic mass is 32.2. The lowest BCUT2D eigenvalue weighted by Crippen LogP contribution is -2.13. The minimum absolute atomic E-state index is 0.0224. The summed E-state index contributed by atoms with van der Waals surface area (Å²) in [5, 5.41) is 0. The fourth-order valence-electron chi connectivity index (χ4n) is 1.88. The highest BCUT2D eigenvalue weighted by Crippen LogP contribution is 2.17. The Kier molecular flexibility index (Phi) is 3.80. The topological polar surface area (TPSA) is 34.1 Å². The van der Waals surface area contributed by atoms with Gasteiger partial charge >= 0.3 is 0 Å². The van der Waals surface area contributed by atoms with E-state index in [1.54, 1.807) is 6.26 Å². The van der Waals surface area contributed by atoms with Crippen LogP contribution in [0.3, 0.4) is 0 Å². The van der Waals surface area contributed by atoms with Crippen molar-refractivity contribution in [3.8, 4) is 0 Å². The summed E-state index contributed by atoms with van der Waals surface area (Å²) in [6.45, 7) is 5.85. The first-order chi connectivity index (χ1) is 6.91. The Labute approximate surface area is 93.2 Å². The Balaban J connectivity index is 3.14. The number of Topliss-reactive ketones (excluding diaryl/α,β-unsaturated/α-hetero) is 1. The first-order valence-electron chi connectivity index (χ1n) is 4.83. The molecule has 0 aliphatic carbocycles. The molecule has 0 saturated carbocycles. The van der Waals surface area contributed by atoms with Crippen molar-refractivity contribution in [2.24, 2.45) is 0 Å². The number of aryl methyl sites for hydroxylation is 3. The maximum atomic E-state index is 11.8. The van der Waals surface area contributed by atoms with Gasteiger partial charge in [-0.25, -0.2) is 0 Å². The van der Waals surface area contributed by atoms with Crippen LogP contribution in [-0.2, 0) is 10.8 Å². The van der Waals surface area contributed by atoms with Gasteiger partial charge in [-0.15, -0.1) is 0 Å². The second kappa shape index (κ2) is 4.71. The summed E-state index contributed by atoms with van der Waals surface area (Å²) in [4.78, 5) is 11.8. The van der Waals surface area contributed by atoms with Crippen LogP contribution >= 0.6 is 0 Å². The van der Waals surface area contributed by atoms with Crippen LogP contribution in [0.5, 0.6) is 0 Å². The molecule has 82 valence electrons. The minimum atomic E-state index is -1.07. The fraction of sp³-hybridized carbons (Fsp3) is 0.417. The molecule has 0 heterocycles. The monoisotopic (exact) mass is 224 g/mol. The van der Waals surface area contributed by atoms with E-state index in [2.05, 4.69) is 0 Å². The van der Waals surface area contributed by atoms with Crippen molar-refractivity contribution >= 4 is 16.6 Å². The van der Waals surface area contributed by atoms with Crippen molar-refractivity contribution in [2.75, 3.05) is 12.0 Å². The highest BCUT2D eigenvalue weighted by molar-refractivity contribution is 7.85. The van der Waals surface area contributed by atoms with E-state index in [9.17, 15) is 9.00 Å². The summed E-state index contributed by atoms with van der Waals surface area (Å²) < 4.78 is 11.0. The molecule has 1 atom stereocenters. The van der Waals surface area contributed by atoms with Crippen LogP contribution in [0.2, 0.25) is 0 Å². The predicted molar refractivity (Wildman–Crippen MR) is 63.9 cm³/mol. The number of hydrogen-bond donors (Lipinski definition) is 0. The molecule has 1 aromatic rings. The Hall–Kier alpha value is -0.960. The van der Waals surface area contributed by atoms with Gasteiger partial charge in [0, 0.05) is 22.6 Å². The molecule has 0 aliphatic heterocycles. The molecule has 0 aromatic heterocycles. The summed E-state index contributed by atoms with van der Waals surface area (Å²) in [7, 11) is -1.07. The third-order valence-electron chi connectivity index (χ3n) is 2.29. The van der Waals surface area contributed by atoms with E-state index in [0.717, 1.165) is 22.3 Å². The Morgan fingerprint density at radius 1 is 1.20 bits per heavy atom. The number of ketones is 1. The first kappa shape index (κ1) is 12.1. The third-order valence-corrected chi connectivity index (χ3v) is 2.96. The van der Waals surface area contributed by atoms with Crippen LogP contribution < -0.4 is 0 Å². The molecule has 0 radical (unpaired) electrons. The molecule has 3 heteroatoms. The van der Waals surface area contributed by atoms with Crippen LogP contribution in [0.25, 0.3) is 0 Å². The van der Waals surface area contributed by atoms with Crippen molar-refractivity contribution in [1.29, 1.82) is 0 Å². The summed E-state index contributed by atoms with van der Waals surface area (Å²) in [5.41, 5.74) is 3.83. The smallest absolute Gasteiger partial charge is 0.175 e. The SMILES string of the molecule is Cc1cc(C)c(C(=O)CS(C)=O)c(C)c1. The lowest BCUT2D eigenvalue weighted by Gasteiger charge is -2.09. The summed E-state index contributed by atoms with van der Waals surface area (Å²) >= 11 is 0. The Bertz CT molecular complexity index is 399. The third kappa shape index (κ3) is 2.99. The fourth-order valence-corrected chi connectivity index (χ4v) is 2.39. The van der Waals surface area contributed by atoms with Crippen LogP contribution in [-0.4, -0.2) is 22.0 Å². The molecule has 0 saturated heterocycles. The minimum Gasteiger partial charge on any atom is -0.293 e. The molecule has 0 amide bonds. The highest BCUT2D eigenvalue weighted by Gasteiger charge is 2.13. The standard InChI is InChI=1S/C12H16O2S/c1-8-5-9(2)12(10(3)6-8)11(13)7-15(4)14/h5-6H,7H2,1-4H3. The van der Waals surface area contributed by atoms with Gasteiger partial charge in [0.2, 0.25) is 0 Å². The zero-order valence-electron chi connectivity index (χ0n) is 9.59. The molecular formula is C12H16O2S. The number of carbonyl (C=O) groups is 1. The normalized spacial score (nSPS) is 12.5. The van der Waals surface area contributed by atoms with Gasteiger partial charge in [-0.1, -0.05) is 17.7 Å². The van der Waals surface area contributed by atoms with E-state index in [1.165, 1.54) is 0 Å². The Morgan fingerprint density at radius 2 is 1.67 bits per heavy atom. The lowest BCUT2D eigenvalue weighted by molar-refractivity contribution is 0.102. The number of rotatable bonds is 3. The van der Waals surface area contributed by atoms with Crippen molar-refractivity contribution < 1.29 is 9.00 Å². The zero-order chi connectivity index (χ0) is 11.6. The van der Waals surface area contributed by atoms with E-state index in [0.29, 0.717) is 0 Å².